The molecule has 1 aliphatic heterocycles. The molecule has 1 amide bonds. The molecule has 1 rings (SSSR count). The Bertz CT molecular complexity index is 451. The van der Waals surface area contributed by atoms with Crippen molar-refractivity contribution in [2.24, 2.45) is 22.1 Å². The van der Waals surface area contributed by atoms with Gasteiger partial charge in [0.05, 0.1) is 13.2 Å². The first-order valence-corrected chi connectivity index (χ1v) is 6.50. The second-order valence-corrected chi connectivity index (χ2v) is 5.86. The zero-order valence-corrected chi connectivity index (χ0v) is 12.3. The summed E-state index contributed by atoms with van der Waals surface area (Å²) in [7, 11) is 0. The number of aliphatic imine (C=N–C) groups is 1. The first-order chi connectivity index (χ1) is 9.55. The van der Waals surface area contributed by atoms with Crippen molar-refractivity contribution < 1.29 is 22.7 Å². The number of alkyl halides is 3. The lowest BCUT2D eigenvalue weighted by molar-refractivity contribution is -0.173. The van der Waals surface area contributed by atoms with E-state index in [4.69, 9.17) is 10.5 Å². The Hall–Kier alpha value is -1.73. The van der Waals surface area contributed by atoms with Gasteiger partial charge in [0.25, 0.3) is 0 Å². The lowest BCUT2D eigenvalue weighted by atomic mass is 9.86. The number of hydrogen-bond donors (Lipinski definition) is 2. The van der Waals surface area contributed by atoms with Crippen LogP contribution in [0.4, 0.5) is 13.2 Å². The maximum atomic E-state index is 12.1. The van der Waals surface area contributed by atoms with E-state index in [0.29, 0.717) is 5.90 Å². The molecule has 5 nitrogen and oxygen atoms in total. The summed E-state index contributed by atoms with van der Waals surface area (Å²) in [5, 5.41) is 1.83. The zero-order chi connectivity index (χ0) is 16.3. The van der Waals surface area contributed by atoms with Crippen molar-refractivity contribution in [1.29, 1.82) is 0 Å². The molecule has 8 heteroatoms. The van der Waals surface area contributed by atoms with Crippen molar-refractivity contribution in [2.75, 3.05) is 19.7 Å². The Morgan fingerprint density at radius 2 is 2.10 bits per heavy atom. The number of rotatable bonds is 3. The molecular weight excluding hydrogens is 287 g/mol. The molecule has 0 bridgehead atoms. The van der Waals surface area contributed by atoms with E-state index in [9.17, 15) is 18.0 Å². The third-order valence-corrected chi connectivity index (χ3v) is 2.96. The predicted octanol–water partition coefficient (Wildman–Crippen LogP) is 1.60. The fraction of sp³-hybridized carbons (Fsp3) is 0.692. The molecule has 0 aliphatic carbocycles. The van der Waals surface area contributed by atoms with Crippen LogP contribution >= 0.6 is 0 Å². The number of nitrogens with zero attached hydrogens (tertiary/aromatic N) is 1. The highest BCUT2D eigenvalue weighted by Crippen LogP contribution is 2.27. The monoisotopic (exact) mass is 307 g/mol. The Morgan fingerprint density at radius 1 is 1.48 bits per heavy atom. The van der Waals surface area contributed by atoms with E-state index in [-0.39, 0.29) is 31.0 Å². The summed E-state index contributed by atoms with van der Waals surface area (Å²) >= 11 is 0. The molecule has 0 saturated heterocycles. The molecule has 21 heavy (non-hydrogen) atoms. The van der Waals surface area contributed by atoms with Crippen LogP contribution in [0.15, 0.2) is 16.8 Å². The van der Waals surface area contributed by atoms with E-state index in [1.807, 2.05) is 26.1 Å². The van der Waals surface area contributed by atoms with Gasteiger partial charge in [-0.05, 0) is 5.41 Å². The van der Waals surface area contributed by atoms with Gasteiger partial charge in [-0.15, -0.1) is 0 Å². The lowest BCUT2D eigenvalue weighted by Crippen LogP contribution is -2.42. The van der Waals surface area contributed by atoms with Crippen LogP contribution in [0, 0.1) is 11.3 Å². The average molecular weight is 307 g/mol. The van der Waals surface area contributed by atoms with Crippen LogP contribution in [-0.2, 0) is 9.53 Å². The second kappa shape index (κ2) is 6.36. The molecule has 1 atom stereocenters. The fourth-order valence-electron chi connectivity index (χ4n) is 1.77. The number of amides is 1. The number of carbonyl (C=O) groups excluding carboxylic acids is 1. The van der Waals surface area contributed by atoms with Gasteiger partial charge in [-0.1, -0.05) is 20.8 Å². The number of nitrogens with one attached hydrogen (secondary N) is 1. The third kappa shape index (κ3) is 4.95. The third-order valence-electron chi connectivity index (χ3n) is 2.96. The number of nitrogens with two attached hydrogens (primary N) is 1. The van der Waals surface area contributed by atoms with E-state index < -0.39 is 12.1 Å². The summed E-state index contributed by atoms with van der Waals surface area (Å²) < 4.78 is 41.6. The summed E-state index contributed by atoms with van der Waals surface area (Å²) in [6.07, 6.45) is -3.45. The van der Waals surface area contributed by atoms with E-state index in [0.717, 1.165) is 5.57 Å². The van der Waals surface area contributed by atoms with Crippen molar-refractivity contribution >= 4 is 11.8 Å². The van der Waals surface area contributed by atoms with Crippen LogP contribution in [0.3, 0.4) is 0 Å². The molecule has 3 N–H and O–H groups in total. The highest BCUT2D eigenvalue weighted by molar-refractivity contribution is 5.94. The maximum Gasteiger partial charge on any atom is 0.471 e. The van der Waals surface area contributed by atoms with Crippen molar-refractivity contribution in [3.05, 3.63) is 11.8 Å². The fourth-order valence-corrected chi connectivity index (χ4v) is 1.77. The van der Waals surface area contributed by atoms with Crippen LogP contribution in [0.2, 0.25) is 0 Å². The van der Waals surface area contributed by atoms with Gasteiger partial charge in [-0.3, -0.25) is 9.79 Å². The Morgan fingerprint density at radius 3 is 2.48 bits per heavy atom. The SMILES string of the molecule is CC(C)(C)C(=CN)C1=NCC(CNC(=O)C(F)(F)F)CO1. The highest BCUT2D eigenvalue weighted by Gasteiger charge is 2.38. The molecule has 0 aromatic carbocycles. The lowest BCUT2D eigenvalue weighted by Gasteiger charge is -2.28. The predicted molar refractivity (Wildman–Crippen MR) is 72.5 cm³/mol. The summed E-state index contributed by atoms with van der Waals surface area (Å²) in [5.41, 5.74) is 6.06. The highest BCUT2D eigenvalue weighted by atomic mass is 19.4. The van der Waals surface area contributed by atoms with Crippen LogP contribution in [0.1, 0.15) is 20.8 Å². The largest absolute Gasteiger partial charge is 0.477 e. The van der Waals surface area contributed by atoms with Crippen LogP contribution < -0.4 is 11.1 Å². The average Bonchev–Trinajstić information content (AvgIpc) is 2.35. The normalized spacial score (nSPS) is 20.6. The topological polar surface area (TPSA) is 76.7 Å². The van der Waals surface area contributed by atoms with Crippen LogP contribution in [-0.4, -0.2) is 37.7 Å². The van der Waals surface area contributed by atoms with Gasteiger partial charge in [0, 0.05) is 24.2 Å². The van der Waals surface area contributed by atoms with Gasteiger partial charge < -0.3 is 15.8 Å². The zero-order valence-electron chi connectivity index (χ0n) is 12.3. The summed E-state index contributed by atoms with van der Waals surface area (Å²) in [4.78, 5) is 14.9. The van der Waals surface area contributed by atoms with Gasteiger partial charge in [0.1, 0.15) is 0 Å². The van der Waals surface area contributed by atoms with Crippen molar-refractivity contribution in [3.63, 3.8) is 0 Å². The van der Waals surface area contributed by atoms with Crippen LogP contribution in [0.25, 0.3) is 0 Å². The van der Waals surface area contributed by atoms with Gasteiger partial charge >= 0.3 is 12.1 Å². The summed E-state index contributed by atoms with van der Waals surface area (Å²) in [5.74, 6) is -1.84. The van der Waals surface area contributed by atoms with E-state index in [2.05, 4.69) is 4.99 Å². The van der Waals surface area contributed by atoms with Crippen molar-refractivity contribution in [1.82, 2.24) is 5.32 Å². The smallest absolute Gasteiger partial charge is 0.471 e. The second-order valence-electron chi connectivity index (χ2n) is 5.86. The van der Waals surface area contributed by atoms with E-state index >= 15 is 0 Å². The Labute approximate surface area is 121 Å². The first kappa shape index (κ1) is 17.3. The van der Waals surface area contributed by atoms with Crippen LogP contribution in [0.5, 0.6) is 0 Å². The van der Waals surface area contributed by atoms with Gasteiger partial charge in [0.15, 0.2) is 0 Å². The van der Waals surface area contributed by atoms with Crippen molar-refractivity contribution in [2.45, 2.75) is 26.9 Å². The molecule has 120 valence electrons. The molecule has 0 aromatic rings. The van der Waals surface area contributed by atoms with Gasteiger partial charge in [-0.25, -0.2) is 0 Å². The molecule has 0 spiro atoms. The maximum absolute atomic E-state index is 12.1. The molecule has 1 aliphatic rings. The quantitative estimate of drug-likeness (QED) is 0.831. The minimum absolute atomic E-state index is 0.133. The summed E-state index contributed by atoms with van der Waals surface area (Å²) in [6.45, 7) is 6.19. The van der Waals surface area contributed by atoms with E-state index in [1.165, 1.54) is 6.20 Å². The number of ether oxygens (including phenoxy) is 1. The molecule has 0 aromatic heterocycles. The van der Waals surface area contributed by atoms with Crippen molar-refractivity contribution in [3.8, 4) is 0 Å². The minimum atomic E-state index is -4.87. The molecule has 1 unspecified atom stereocenters. The number of halogens is 3. The molecule has 1 heterocycles. The molecular formula is C13H20F3N3O2. The molecule has 0 radical (unpaired) electrons. The molecule has 0 saturated carbocycles. The summed E-state index contributed by atoms with van der Waals surface area (Å²) in [6, 6.07) is 0. The Balaban J connectivity index is 2.57. The van der Waals surface area contributed by atoms with E-state index in [1.54, 1.807) is 0 Å². The van der Waals surface area contributed by atoms with Gasteiger partial charge in [0.2, 0.25) is 5.90 Å². The standard InChI is InChI=1S/C13H20F3N3O2/c1-12(2,3)9(4-17)10-18-5-8(7-21-10)6-19-11(20)13(14,15)16/h4,8H,5-7,17H2,1-3H3,(H,19,20). The number of carbonyl (C=O) groups is 1. The first-order valence-electron chi connectivity index (χ1n) is 6.50. The molecule has 0 fully saturated rings. The van der Waals surface area contributed by atoms with Gasteiger partial charge in [-0.2, -0.15) is 13.2 Å². The number of hydrogen-bond acceptors (Lipinski definition) is 4. The minimum Gasteiger partial charge on any atom is -0.477 e. The Kier molecular flexibility index (Phi) is 5.25.